The molecule has 0 saturated carbocycles. The number of carboxylic acids is 1. The molecule has 1 aromatic heterocycles. The molecule has 1 heterocycles. The highest BCUT2D eigenvalue weighted by Gasteiger charge is 2.14. The van der Waals surface area contributed by atoms with Gasteiger partial charge < -0.3 is 15.6 Å². The summed E-state index contributed by atoms with van der Waals surface area (Å²) in [6, 6.07) is 11.5. The van der Waals surface area contributed by atoms with Crippen molar-refractivity contribution in [1.82, 2.24) is 4.98 Å². The lowest BCUT2D eigenvalue weighted by molar-refractivity contribution is -0.136. The molecule has 0 aliphatic heterocycles. The minimum absolute atomic E-state index is 0.0178. The highest BCUT2D eigenvalue weighted by Crippen LogP contribution is 2.32. The molecule has 3 N–H and O–H groups in total. The number of aliphatic carboxylic acids is 1. The van der Waals surface area contributed by atoms with Gasteiger partial charge in [0.05, 0.1) is 17.1 Å². The van der Waals surface area contributed by atoms with Crippen molar-refractivity contribution in [2.24, 2.45) is 0 Å². The molecule has 0 amide bonds. The second kappa shape index (κ2) is 7.24. The lowest BCUT2D eigenvalue weighted by atomic mass is 10.0. The number of hydrogen-bond acceptors (Lipinski definition) is 6. The summed E-state index contributed by atoms with van der Waals surface area (Å²) < 4.78 is 29.6. The zero-order valence-electron chi connectivity index (χ0n) is 14.5. The van der Waals surface area contributed by atoms with Crippen molar-refractivity contribution >= 4 is 32.3 Å². The third kappa shape index (κ3) is 4.17. The van der Waals surface area contributed by atoms with Gasteiger partial charge in [0.1, 0.15) is 5.75 Å². The van der Waals surface area contributed by atoms with E-state index in [1.807, 2.05) is 0 Å². The molecule has 3 aromatic rings. The van der Waals surface area contributed by atoms with Crippen LogP contribution in [0.3, 0.4) is 0 Å². The molecular weight excluding hydrogens is 368 g/mol. The van der Waals surface area contributed by atoms with Crippen LogP contribution in [0.1, 0.15) is 12.5 Å². The summed E-state index contributed by atoms with van der Waals surface area (Å²) in [5.74, 6) is -0.380. The Hall–Kier alpha value is -3.13. The number of rotatable bonds is 6. The van der Waals surface area contributed by atoms with Crippen LogP contribution in [-0.4, -0.2) is 30.2 Å². The molecule has 0 aliphatic carbocycles. The Kier molecular flexibility index (Phi) is 5.00. The van der Waals surface area contributed by atoms with Gasteiger partial charge in [-0.1, -0.05) is 19.1 Å². The maximum Gasteiger partial charge on any atom is 0.307 e. The van der Waals surface area contributed by atoms with Gasteiger partial charge in [0, 0.05) is 23.3 Å². The van der Waals surface area contributed by atoms with Gasteiger partial charge >= 0.3 is 5.97 Å². The van der Waals surface area contributed by atoms with Crippen LogP contribution < -0.4 is 10.5 Å². The molecule has 0 aliphatic rings. The van der Waals surface area contributed by atoms with E-state index in [2.05, 4.69) is 4.98 Å². The number of fused-ring (bicyclic) bond motifs is 1. The van der Waals surface area contributed by atoms with Gasteiger partial charge in [0.25, 0.3) is 0 Å². The number of carboxylic acid groups (broad SMARTS) is 1. The summed E-state index contributed by atoms with van der Waals surface area (Å²) in [4.78, 5) is 15.2. The number of sulfone groups is 1. The molecule has 0 atom stereocenters. The lowest BCUT2D eigenvalue weighted by Crippen LogP contribution is -2.04. The van der Waals surface area contributed by atoms with E-state index >= 15 is 0 Å². The number of pyridine rings is 1. The predicted octanol–water partition coefficient (Wildman–Crippen LogP) is 3.03. The monoisotopic (exact) mass is 386 g/mol. The zero-order valence-corrected chi connectivity index (χ0v) is 15.4. The molecule has 7 nitrogen and oxygen atoms in total. The summed E-state index contributed by atoms with van der Waals surface area (Å²) in [6.07, 6.45) is 1.09. The van der Waals surface area contributed by atoms with E-state index in [-0.39, 0.29) is 22.9 Å². The number of nitrogens with zero attached hydrogens (tertiary/aromatic N) is 1. The third-order valence-electron chi connectivity index (χ3n) is 4.02. The number of aromatic nitrogens is 1. The molecular formula is C19H18N2O5S. The number of anilines is 1. The second-order valence-electron chi connectivity index (χ2n) is 5.98. The fourth-order valence-corrected chi connectivity index (χ4v) is 3.47. The van der Waals surface area contributed by atoms with E-state index in [4.69, 9.17) is 15.6 Å². The standard InChI is InChI=1S/C19H18N2O5S/c1-2-27(24,25)15-5-6-18(21-11-15)26-17-8-12(9-19(22)23)7-13-3-4-14(20)10-16(13)17/h3-8,10-11H,2,9,20H2,1H3,(H,22,23). The van der Waals surface area contributed by atoms with E-state index in [9.17, 15) is 13.2 Å². The summed E-state index contributed by atoms with van der Waals surface area (Å²) in [6.45, 7) is 1.56. The average Bonchev–Trinajstić information content (AvgIpc) is 2.62. The van der Waals surface area contributed by atoms with Crippen molar-refractivity contribution in [3.05, 3.63) is 54.2 Å². The molecule has 3 rings (SSSR count). The number of carbonyl (C=O) groups is 1. The smallest absolute Gasteiger partial charge is 0.307 e. The molecule has 0 saturated heterocycles. The normalized spacial score (nSPS) is 11.4. The summed E-state index contributed by atoms with van der Waals surface area (Å²) in [5.41, 5.74) is 6.96. The summed E-state index contributed by atoms with van der Waals surface area (Å²) in [5, 5.41) is 10.5. The van der Waals surface area contributed by atoms with Gasteiger partial charge in [-0.2, -0.15) is 0 Å². The number of hydrogen-bond donors (Lipinski definition) is 2. The zero-order chi connectivity index (χ0) is 19.6. The SMILES string of the molecule is CCS(=O)(=O)c1ccc(Oc2cc(CC(=O)O)cc3ccc(N)cc23)nc1. The van der Waals surface area contributed by atoms with Crippen LogP contribution in [0.4, 0.5) is 5.69 Å². The van der Waals surface area contributed by atoms with E-state index in [1.165, 1.54) is 18.3 Å². The molecule has 27 heavy (non-hydrogen) atoms. The molecule has 140 valence electrons. The number of benzene rings is 2. The highest BCUT2D eigenvalue weighted by molar-refractivity contribution is 7.91. The lowest BCUT2D eigenvalue weighted by Gasteiger charge is -2.11. The van der Waals surface area contributed by atoms with Gasteiger partial charge in [-0.15, -0.1) is 0 Å². The van der Waals surface area contributed by atoms with Gasteiger partial charge in [0.15, 0.2) is 9.84 Å². The van der Waals surface area contributed by atoms with Crippen LogP contribution in [0.5, 0.6) is 11.6 Å². The minimum Gasteiger partial charge on any atom is -0.481 e. The first-order chi connectivity index (χ1) is 12.8. The van der Waals surface area contributed by atoms with E-state index in [0.717, 1.165) is 5.39 Å². The van der Waals surface area contributed by atoms with Crippen LogP contribution in [0, 0.1) is 0 Å². The van der Waals surface area contributed by atoms with Crippen molar-refractivity contribution in [2.75, 3.05) is 11.5 Å². The van der Waals surface area contributed by atoms with Crippen LogP contribution in [0.15, 0.2) is 53.6 Å². The molecule has 8 heteroatoms. The molecule has 0 unspecified atom stereocenters. The molecule has 0 radical (unpaired) electrons. The van der Waals surface area contributed by atoms with E-state index in [1.54, 1.807) is 37.3 Å². The Morgan fingerprint density at radius 2 is 1.96 bits per heavy atom. The third-order valence-corrected chi connectivity index (χ3v) is 5.74. The first kappa shape index (κ1) is 18.7. The average molecular weight is 386 g/mol. The van der Waals surface area contributed by atoms with Gasteiger partial charge in [0.2, 0.25) is 5.88 Å². The van der Waals surface area contributed by atoms with Crippen molar-refractivity contribution < 1.29 is 23.1 Å². The predicted molar refractivity (Wildman–Crippen MR) is 102 cm³/mol. The molecule has 2 aromatic carbocycles. The van der Waals surface area contributed by atoms with Gasteiger partial charge in [-0.05, 0) is 35.2 Å². The Balaban J connectivity index is 2.02. The van der Waals surface area contributed by atoms with Crippen LogP contribution in [0.2, 0.25) is 0 Å². The maximum absolute atomic E-state index is 11.9. The Bertz CT molecular complexity index is 1110. The van der Waals surface area contributed by atoms with Crippen LogP contribution in [-0.2, 0) is 21.1 Å². The molecule has 0 spiro atoms. The minimum atomic E-state index is -3.35. The van der Waals surface area contributed by atoms with Crippen molar-refractivity contribution in [2.45, 2.75) is 18.2 Å². The molecule has 0 fully saturated rings. The van der Waals surface area contributed by atoms with E-state index < -0.39 is 15.8 Å². The number of nitrogens with two attached hydrogens (primary N) is 1. The van der Waals surface area contributed by atoms with Crippen LogP contribution in [0.25, 0.3) is 10.8 Å². The topological polar surface area (TPSA) is 120 Å². The van der Waals surface area contributed by atoms with Crippen LogP contribution >= 0.6 is 0 Å². The second-order valence-corrected chi connectivity index (χ2v) is 8.26. The first-order valence-corrected chi connectivity index (χ1v) is 9.84. The Labute approximate surface area is 156 Å². The van der Waals surface area contributed by atoms with Crippen molar-refractivity contribution in [1.29, 1.82) is 0 Å². The fraction of sp³-hybridized carbons (Fsp3) is 0.158. The number of ether oxygens (including phenoxy) is 1. The first-order valence-electron chi connectivity index (χ1n) is 8.19. The van der Waals surface area contributed by atoms with Crippen molar-refractivity contribution in [3.63, 3.8) is 0 Å². The quantitative estimate of drug-likeness (QED) is 0.625. The summed E-state index contributed by atoms with van der Waals surface area (Å²) in [7, 11) is -3.35. The Morgan fingerprint density at radius 1 is 1.19 bits per heavy atom. The largest absolute Gasteiger partial charge is 0.481 e. The van der Waals surface area contributed by atoms with Gasteiger partial charge in [-0.25, -0.2) is 13.4 Å². The fourth-order valence-electron chi connectivity index (χ4n) is 2.65. The van der Waals surface area contributed by atoms with Crippen molar-refractivity contribution in [3.8, 4) is 11.6 Å². The highest BCUT2D eigenvalue weighted by atomic mass is 32.2. The maximum atomic E-state index is 11.9. The van der Waals surface area contributed by atoms with E-state index in [0.29, 0.717) is 22.4 Å². The Morgan fingerprint density at radius 3 is 2.59 bits per heavy atom. The number of nitrogen functional groups attached to an aromatic ring is 1. The molecule has 0 bridgehead atoms. The van der Waals surface area contributed by atoms with Gasteiger partial charge in [-0.3, -0.25) is 4.79 Å². The summed E-state index contributed by atoms with van der Waals surface area (Å²) >= 11 is 0.